The van der Waals surface area contributed by atoms with Crippen LogP contribution in [0.3, 0.4) is 0 Å². The normalized spacial score (nSPS) is 16.6. The minimum absolute atomic E-state index is 0.0511. The first-order chi connectivity index (χ1) is 14.2. The summed E-state index contributed by atoms with van der Waals surface area (Å²) in [7, 11) is 1.67. The molecule has 2 heterocycles. The Morgan fingerprint density at radius 2 is 2.21 bits per heavy atom. The zero-order valence-corrected chi connectivity index (χ0v) is 17.5. The van der Waals surface area contributed by atoms with Gasteiger partial charge in [-0.1, -0.05) is 18.6 Å². The molecule has 0 spiro atoms. The Hall–Kier alpha value is -2.38. The van der Waals surface area contributed by atoms with E-state index in [-0.39, 0.29) is 5.56 Å². The van der Waals surface area contributed by atoms with E-state index in [0.717, 1.165) is 43.1 Å². The summed E-state index contributed by atoms with van der Waals surface area (Å²) >= 11 is 0. The summed E-state index contributed by atoms with van der Waals surface area (Å²) in [4.78, 5) is 17.1. The molecule has 29 heavy (non-hydrogen) atoms. The lowest BCUT2D eigenvalue weighted by Crippen LogP contribution is -2.36. The average Bonchev–Trinajstić information content (AvgIpc) is 2.75. The molecule has 1 unspecified atom stereocenters. The first kappa shape index (κ1) is 21.3. The largest absolute Gasteiger partial charge is 0.497 e. The molecule has 0 bridgehead atoms. The zero-order valence-electron chi connectivity index (χ0n) is 17.5. The number of aryl methyl sites for hydroxylation is 1. The summed E-state index contributed by atoms with van der Waals surface area (Å²) < 4.78 is 7.04. The van der Waals surface area contributed by atoms with Gasteiger partial charge in [-0.05, 0) is 50.4 Å². The molecular weight excluding hydrogens is 366 g/mol. The highest BCUT2D eigenvalue weighted by Gasteiger charge is 2.13. The molecule has 1 aliphatic rings. The molecule has 3 rings (SSSR count). The maximum Gasteiger partial charge on any atom is 0.293 e. The van der Waals surface area contributed by atoms with Crippen LogP contribution >= 0.6 is 0 Å². The quantitative estimate of drug-likeness (QED) is 0.532. The molecule has 3 N–H and O–H groups in total. The number of piperidine rings is 1. The van der Waals surface area contributed by atoms with Crippen LogP contribution in [0.1, 0.15) is 36.9 Å². The number of ether oxygens (including phenoxy) is 1. The fraction of sp³-hybridized carbons (Fsp3) is 0.545. The first-order valence-electron chi connectivity index (χ1n) is 10.5. The number of hydrogen-bond acceptors (Lipinski definition) is 6. The average molecular weight is 400 g/mol. The van der Waals surface area contributed by atoms with Gasteiger partial charge in [-0.15, -0.1) is 0 Å². The number of hydrogen-bond donors (Lipinski definition) is 3. The van der Waals surface area contributed by atoms with Crippen molar-refractivity contribution in [3.63, 3.8) is 0 Å². The van der Waals surface area contributed by atoms with Crippen molar-refractivity contribution in [1.82, 2.24) is 20.2 Å². The lowest BCUT2D eigenvalue weighted by Gasteiger charge is -2.23. The Labute approximate surface area is 172 Å². The van der Waals surface area contributed by atoms with E-state index in [1.807, 2.05) is 25.1 Å². The molecule has 2 aromatic rings. The van der Waals surface area contributed by atoms with Crippen molar-refractivity contribution in [3.05, 3.63) is 52.1 Å². The van der Waals surface area contributed by atoms with Crippen LogP contribution in [0.4, 0.5) is 5.82 Å². The molecule has 0 amide bonds. The number of anilines is 1. The lowest BCUT2D eigenvalue weighted by molar-refractivity contribution is 0.388. The van der Waals surface area contributed by atoms with Gasteiger partial charge < -0.3 is 25.3 Å². The second kappa shape index (κ2) is 11.0. The maximum atomic E-state index is 12.8. The van der Waals surface area contributed by atoms with E-state index in [1.165, 1.54) is 19.3 Å². The number of nitrogens with zero attached hydrogens (tertiary/aromatic N) is 2. The third-order valence-electron chi connectivity index (χ3n) is 5.43. The van der Waals surface area contributed by atoms with Gasteiger partial charge in [0.1, 0.15) is 5.75 Å². The number of nitrogens with one attached hydrogen (secondary N) is 3. The van der Waals surface area contributed by atoms with Crippen molar-refractivity contribution in [2.75, 3.05) is 32.1 Å². The second-order valence-corrected chi connectivity index (χ2v) is 7.60. The van der Waals surface area contributed by atoms with E-state index in [2.05, 4.69) is 27.0 Å². The molecule has 7 heteroatoms. The minimum atomic E-state index is -0.0511. The smallest absolute Gasteiger partial charge is 0.293 e. The Morgan fingerprint density at radius 1 is 1.31 bits per heavy atom. The predicted molar refractivity (Wildman–Crippen MR) is 117 cm³/mol. The predicted octanol–water partition coefficient (Wildman–Crippen LogP) is 2.29. The standard InChI is InChI=1S/C22H33N5O2/c1-17-15-26-21(25-11-9-19-7-3-4-10-24-19)22(28)27(17)13-12-23-16-18-6-5-8-20(14-18)29-2/h5-6,8,14-15,19,23-24H,3-4,7,9-13,16H2,1-2H3,(H,25,26). The molecule has 1 atom stereocenters. The SMILES string of the molecule is COc1cccc(CNCCn2c(C)cnc(NCCC3CCCCN3)c2=O)c1. The Bertz CT molecular complexity index is 830. The molecule has 158 valence electrons. The van der Waals surface area contributed by atoms with Gasteiger partial charge >= 0.3 is 0 Å². The van der Waals surface area contributed by atoms with Crippen LogP contribution in [-0.2, 0) is 13.1 Å². The molecule has 1 aromatic carbocycles. The van der Waals surface area contributed by atoms with Crippen LogP contribution < -0.4 is 26.2 Å². The summed E-state index contributed by atoms with van der Waals surface area (Å²) in [5.74, 6) is 1.30. The summed E-state index contributed by atoms with van der Waals surface area (Å²) in [5.41, 5.74) is 1.98. The van der Waals surface area contributed by atoms with Gasteiger partial charge in [-0.3, -0.25) is 4.79 Å². The number of benzene rings is 1. The van der Waals surface area contributed by atoms with E-state index in [9.17, 15) is 4.79 Å². The van der Waals surface area contributed by atoms with Crippen molar-refractivity contribution in [2.45, 2.75) is 51.7 Å². The third-order valence-corrected chi connectivity index (χ3v) is 5.43. The van der Waals surface area contributed by atoms with Crippen molar-refractivity contribution in [2.24, 2.45) is 0 Å². The van der Waals surface area contributed by atoms with Gasteiger partial charge in [-0.2, -0.15) is 0 Å². The van der Waals surface area contributed by atoms with Gasteiger partial charge in [0, 0.05) is 44.1 Å². The van der Waals surface area contributed by atoms with E-state index < -0.39 is 0 Å². The van der Waals surface area contributed by atoms with E-state index in [4.69, 9.17) is 4.74 Å². The van der Waals surface area contributed by atoms with Gasteiger partial charge in [0.15, 0.2) is 5.82 Å². The number of rotatable bonds is 10. The second-order valence-electron chi connectivity index (χ2n) is 7.60. The summed E-state index contributed by atoms with van der Waals surface area (Å²) in [6.07, 6.45) is 6.55. The van der Waals surface area contributed by atoms with Crippen LogP contribution in [-0.4, -0.2) is 42.3 Å². The summed E-state index contributed by atoms with van der Waals surface area (Å²) in [6, 6.07) is 8.53. The third kappa shape index (κ3) is 6.30. The van der Waals surface area contributed by atoms with Crippen LogP contribution in [0, 0.1) is 6.92 Å². The molecule has 1 aliphatic heterocycles. The molecule has 1 aromatic heterocycles. The van der Waals surface area contributed by atoms with Gasteiger partial charge in [-0.25, -0.2) is 4.98 Å². The topological polar surface area (TPSA) is 80.2 Å². The number of methoxy groups -OCH3 is 1. The highest BCUT2D eigenvalue weighted by atomic mass is 16.5. The van der Waals surface area contributed by atoms with Crippen LogP contribution in [0.5, 0.6) is 5.75 Å². The monoisotopic (exact) mass is 399 g/mol. The molecule has 7 nitrogen and oxygen atoms in total. The molecular formula is C22H33N5O2. The highest BCUT2D eigenvalue weighted by Crippen LogP contribution is 2.12. The number of aromatic nitrogens is 2. The van der Waals surface area contributed by atoms with E-state index >= 15 is 0 Å². The maximum absolute atomic E-state index is 12.8. The Morgan fingerprint density at radius 3 is 3.00 bits per heavy atom. The van der Waals surface area contributed by atoms with Crippen molar-refractivity contribution in [1.29, 1.82) is 0 Å². The fourth-order valence-electron chi connectivity index (χ4n) is 3.71. The summed E-state index contributed by atoms with van der Waals surface area (Å²) in [6.45, 7) is 5.82. The lowest BCUT2D eigenvalue weighted by atomic mass is 10.0. The molecule has 1 saturated heterocycles. The molecule has 0 aliphatic carbocycles. The highest BCUT2D eigenvalue weighted by molar-refractivity contribution is 5.32. The molecule has 0 saturated carbocycles. The van der Waals surface area contributed by atoms with E-state index in [1.54, 1.807) is 17.9 Å². The van der Waals surface area contributed by atoms with Crippen molar-refractivity contribution in [3.8, 4) is 5.75 Å². The minimum Gasteiger partial charge on any atom is -0.497 e. The first-order valence-corrected chi connectivity index (χ1v) is 10.5. The zero-order chi connectivity index (χ0) is 20.5. The van der Waals surface area contributed by atoms with Crippen LogP contribution in [0.15, 0.2) is 35.3 Å². The molecule has 1 fully saturated rings. The van der Waals surface area contributed by atoms with Crippen LogP contribution in [0.2, 0.25) is 0 Å². The van der Waals surface area contributed by atoms with Crippen LogP contribution in [0.25, 0.3) is 0 Å². The fourth-order valence-corrected chi connectivity index (χ4v) is 3.71. The Kier molecular flexibility index (Phi) is 8.07. The van der Waals surface area contributed by atoms with Gasteiger partial charge in [0.05, 0.1) is 7.11 Å². The van der Waals surface area contributed by atoms with Crippen molar-refractivity contribution >= 4 is 5.82 Å². The van der Waals surface area contributed by atoms with Gasteiger partial charge in [0.2, 0.25) is 0 Å². The van der Waals surface area contributed by atoms with Crippen molar-refractivity contribution < 1.29 is 4.74 Å². The Balaban J connectivity index is 1.49. The van der Waals surface area contributed by atoms with Gasteiger partial charge in [0.25, 0.3) is 5.56 Å². The van der Waals surface area contributed by atoms with E-state index in [0.29, 0.717) is 24.9 Å². The summed E-state index contributed by atoms with van der Waals surface area (Å²) in [5, 5.41) is 10.2. The molecule has 0 radical (unpaired) electrons.